The van der Waals surface area contributed by atoms with Crippen molar-refractivity contribution in [2.75, 3.05) is 13.7 Å². The van der Waals surface area contributed by atoms with E-state index in [1.54, 1.807) is 27.7 Å². The highest BCUT2D eigenvalue weighted by Gasteiger charge is 2.51. The van der Waals surface area contributed by atoms with Gasteiger partial charge in [-0.15, -0.1) is 0 Å². The minimum Gasteiger partial charge on any atom is -0.353 e. The van der Waals surface area contributed by atoms with E-state index in [9.17, 15) is 4.39 Å². The van der Waals surface area contributed by atoms with E-state index in [0.717, 1.165) is 0 Å². The first-order valence-electron chi connectivity index (χ1n) is 6.08. The molecule has 0 radical (unpaired) electrons. The zero-order valence-electron chi connectivity index (χ0n) is 11.4. The van der Waals surface area contributed by atoms with E-state index in [1.807, 2.05) is 0 Å². The van der Waals surface area contributed by atoms with Crippen LogP contribution in [0.2, 0.25) is 0 Å². The quantitative estimate of drug-likeness (QED) is 0.775. The van der Waals surface area contributed by atoms with E-state index in [-0.39, 0.29) is 6.61 Å². The smallest absolute Gasteiger partial charge is 0.189 e. The fourth-order valence-electron chi connectivity index (χ4n) is 2.24. The summed E-state index contributed by atoms with van der Waals surface area (Å²) in [6.07, 6.45) is -3.58. The molecule has 2 aliphatic rings. The predicted octanol–water partition coefficient (Wildman–Crippen LogP) is 1.60. The van der Waals surface area contributed by atoms with E-state index < -0.39 is 36.2 Å². The molecule has 2 aliphatic heterocycles. The molecule has 0 N–H and O–H groups in total. The van der Waals surface area contributed by atoms with Crippen LogP contribution in [0.1, 0.15) is 27.7 Å². The average Bonchev–Trinajstić information content (AvgIpc) is 2.77. The highest BCUT2D eigenvalue weighted by Crippen LogP contribution is 2.35. The second kappa shape index (κ2) is 4.68. The van der Waals surface area contributed by atoms with Crippen LogP contribution in [0, 0.1) is 0 Å². The lowest BCUT2D eigenvalue weighted by atomic mass is 10.1. The number of hydrogen-bond donors (Lipinski definition) is 0. The molecule has 106 valence electrons. The zero-order valence-corrected chi connectivity index (χ0v) is 11.4. The lowest BCUT2D eigenvalue weighted by Gasteiger charge is -2.24. The molecule has 2 rings (SSSR count). The first-order valence-corrected chi connectivity index (χ1v) is 6.08. The van der Waals surface area contributed by atoms with E-state index in [1.165, 1.54) is 7.11 Å². The van der Waals surface area contributed by atoms with Crippen LogP contribution < -0.4 is 0 Å². The second-order valence-corrected chi connectivity index (χ2v) is 5.52. The normalized spacial score (nSPS) is 40.0. The number of methoxy groups -OCH3 is 1. The molecular weight excluding hydrogens is 243 g/mol. The van der Waals surface area contributed by atoms with Gasteiger partial charge in [0.05, 0.1) is 6.61 Å². The SMILES string of the molecule is CO[C@@H]1OC(C)(C)O[C@@H]1[C@@H](F)[C@H]1COC(C)(C)O1. The van der Waals surface area contributed by atoms with Gasteiger partial charge in [-0.1, -0.05) is 0 Å². The summed E-state index contributed by atoms with van der Waals surface area (Å²) in [6.45, 7) is 7.15. The molecule has 2 saturated heterocycles. The molecular formula is C12H21FO5. The van der Waals surface area contributed by atoms with Gasteiger partial charge in [0.15, 0.2) is 24.0 Å². The fourth-order valence-corrected chi connectivity index (χ4v) is 2.24. The highest BCUT2D eigenvalue weighted by molar-refractivity contribution is 4.89. The molecule has 0 aromatic heterocycles. The second-order valence-electron chi connectivity index (χ2n) is 5.52. The van der Waals surface area contributed by atoms with Crippen molar-refractivity contribution in [1.82, 2.24) is 0 Å². The molecule has 0 unspecified atom stereocenters. The molecule has 18 heavy (non-hydrogen) atoms. The van der Waals surface area contributed by atoms with Crippen LogP contribution in [0.4, 0.5) is 4.39 Å². The molecule has 2 heterocycles. The third-order valence-corrected chi connectivity index (χ3v) is 3.02. The van der Waals surface area contributed by atoms with E-state index in [0.29, 0.717) is 0 Å². The third-order valence-electron chi connectivity index (χ3n) is 3.02. The summed E-state index contributed by atoms with van der Waals surface area (Å²) in [6, 6.07) is 0. The number of alkyl halides is 1. The third kappa shape index (κ3) is 2.83. The van der Waals surface area contributed by atoms with Crippen LogP contribution in [0.15, 0.2) is 0 Å². The summed E-state index contributed by atoms with van der Waals surface area (Å²) >= 11 is 0. The number of halogens is 1. The van der Waals surface area contributed by atoms with Gasteiger partial charge in [-0.3, -0.25) is 0 Å². The number of ether oxygens (including phenoxy) is 5. The minimum absolute atomic E-state index is 0.199. The first kappa shape index (κ1) is 14.1. The van der Waals surface area contributed by atoms with Gasteiger partial charge in [-0.25, -0.2) is 4.39 Å². The summed E-state index contributed by atoms with van der Waals surface area (Å²) < 4.78 is 41.4. The summed E-state index contributed by atoms with van der Waals surface area (Å²) in [4.78, 5) is 0. The molecule has 0 aliphatic carbocycles. The van der Waals surface area contributed by atoms with Crippen LogP contribution in [0.25, 0.3) is 0 Å². The van der Waals surface area contributed by atoms with Gasteiger partial charge in [-0.05, 0) is 27.7 Å². The zero-order chi connectivity index (χ0) is 13.6. The van der Waals surface area contributed by atoms with Gasteiger partial charge in [-0.2, -0.15) is 0 Å². The highest BCUT2D eigenvalue weighted by atomic mass is 19.1. The van der Waals surface area contributed by atoms with Crippen LogP contribution in [0.3, 0.4) is 0 Å². The van der Waals surface area contributed by atoms with E-state index in [2.05, 4.69) is 0 Å². The van der Waals surface area contributed by atoms with Crippen molar-refractivity contribution in [3.8, 4) is 0 Å². The largest absolute Gasteiger partial charge is 0.353 e. The maximum atomic E-state index is 14.4. The molecule has 0 aromatic rings. The maximum absolute atomic E-state index is 14.4. The van der Waals surface area contributed by atoms with Crippen molar-refractivity contribution < 1.29 is 28.1 Å². The van der Waals surface area contributed by atoms with Crippen LogP contribution >= 0.6 is 0 Å². The predicted molar refractivity (Wildman–Crippen MR) is 60.6 cm³/mol. The van der Waals surface area contributed by atoms with Crippen LogP contribution in [-0.2, 0) is 23.7 Å². The average molecular weight is 264 g/mol. The topological polar surface area (TPSA) is 46.2 Å². The number of rotatable bonds is 3. The Hall–Kier alpha value is -0.270. The molecule has 5 nitrogen and oxygen atoms in total. The van der Waals surface area contributed by atoms with Crippen molar-refractivity contribution >= 4 is 0 Å². The van der Waals surface area contributed by atoms with Crippen molar-refractivity contribution in [3.63, 3.8) is 0 Å². The summed E-state index contributed by atoms with van der Waals surface area (Å²) in [5.74, 6) is -1.61. The Morgan fingerprint density at radius 3 is 2.28 bits per heavy atom. The van der Waals surface area contributed by atoms with Gasteiger partial charge >= 0.3 is 0 Å². The molecule has 2 fully saturated rings. The molecule has 4 atom stereocenters. The van der Waals surface area contributed by atoms with E-state index in [4.69, 9.17) is 23.7 Å². The Kier molecular flexibility index (Phi) is 3.68. The van der Waals surface area contributed by atoms with Crippen molar-refractivity contribution in [2.45, 2.75) is 63.9 Å². The Morgan fingerprint density at radius 2 is 1.78 bits per heavy atom. The summed E-state index contributed by atoms with van der Waals surface area (Å²) in [5, 5.41) is 0. The Labute approximate surface area is 106 Å². The molecule has 0 amide bonds. The maximum Gasteiger partial charge on any atom is 0.189 e. The Bertz CT molecular complexity index is 307. The van der Waals surface area contributed by atoms with Crippen LogP contribution in [0.5, 0.6) is 0 Å². The van der Waals surface area contributed by atoms with Gasteiger partial charge in [0.1, 0.15) is 12.2 Å². The molecule has 0 aromatic carbocycles. The molecule has 6 heteroatoms. The lowest BCUT2D eigenvalue weighted by molar-refractivity contribution is -0.183. The minimum atomic E-state index is -1.36. The van der Waals surface area contributed by atoms with Crippen LogP contribution in [-0.4, -0.2) is 50.0 Å². The summed E-state index contributed by atoms with van der Waals surface area (Å²) in [7, 11) is 1.46. The Morgan fingerprint density at radius 1 is 1.11 bits per heavy atom. The Balaban J connectivity index is 2.02. The van der Waals surface area contributed by atoms with Crippen molar-refractivity contribution in [2.24, 2.45) is 0 Å². The van der Waals surface area contributed by atoms with Gasteiger partial charge in [0.2, 0.25) is 0 Å². The standard InChI is InChI=1S/C12H21FO5/c1-11(2)15-6-7(16-11)8(13)9-10(14-5)18-12(3,4)17-9/h7-10H,6H2,1-5H3/t7-,8+,9-,10-/m1/s1. The van der Waals surface area contributed by atoms with Gasteiger partial charge < -0.3 is 23.7 Å². The molecule has 0 bridgehead atoms. The number of hydrogen-bond acceptors (Lipinski definition) is 5. The summed E-state index contributed by atoms with van der Waals surface area (Å²) in [5.41, 5.74) is 0. The van der Waals surface area contributed by atoms with Crippen molar-refractivity contribution in [1.29, 1.82) is 0 Å². The fraction of sp³-hybridized carbons (Fsp3) is 1.00. The first-order chi connectivity index (χ1) is 8.24. The molecule has 0 spiro atoms. The van der Waals surface area contributed by atoms with Crippen molar-refractivity contribution in [3.05, 3.63) is 0 Å². The molecule has 0 saturated carbocycles. The van der Waals surface area contributed by atoms with Gasteiger partial charge in [0.25, 0.3) is 0 Å². The lowest BCUT2D eigenvalue weighted by Crippen LogP contribution is -2.42. The van der Waals surface area contributed by atoms with Gasteiger partial charge in [0, 0.05) is 7.11 Å². The monoisotopic (exact) mass is 264 g/mol. The van der Waals surface area contributed by atoms with E-state index >= 15 is 0 Å².